The molecule has 0 fully saturated rings. The molecular formula is C14H13N3O2S. The van der Waals surface area contributed by atoms with Crippen molar-refractivity contribution in [2.24, 2.45) is 0 Å². The van der Waals surface area contributed by atoms with Crippen molar-refractivity contribution in [1.82, 2.24) is 14.4 Å². The summed E-state index contributed by atoms with van der Waals surface area (Å²) in [4.78, 5) is 20.1. The van der Waals surface area contributed by atoms with Crippen molar-refractivity contribution < 1.29 is 9.90 Å². The van der Waals surface area contributed by atoms with E-state index in [0.717, 1.165) is 28.3 Å². The molecule has 0 amide bonds. The van der Waals surface area contributed by atoms with Gasteiger partial charge in [0.2, 0.25) is 0 Å². The van der Waals surface area contributed by atoms with E-state index < -0.39 is 5.97 Å². The molecule has 0 aliphatic rings. The summed E-state index contributed by atoms with van der Waals surface area (Å²) in [5.41, 5.74) is 3.06. The number of carboxylic acids is 1. The van der Waals surface area contributed by atoms with Crippen LogP contribution in [0.3, 0.4) is 0 Å². The monoisotopic (exact) mass is 287 g/mol. The molecule has 0 atom stereocenters. The summed E-state index contributed by atoms with van der Waals surface area (Å²) in [5.74, 6) is -0.750. The summed E-state index contributed by atoms with van der Waals surface area (Å²) in [7, 11) is 0. The molecule has 102 valence electrons. The summed E-state index contributed by atoms with van der Waals surface area (Å²) in [6.45, 7) is 0. The number of nitrogens with zero attached hydrogens (tertiary/aromatic N) is 3. The molecule has 0 radical (unpaired) electrons. The fourth-order valence-corrected chi connectivity index (χ4v) is 3.00. The summed E-state index contributed by atoms with van der Waals surface area (Å²) in [5, 5.41) is 10.7. The Kier molecular flexibility index (Phi) is 3.47. The second kappa shape index (κ2) is 5.42. The van der Waals surface area contributed by atoms with Crippen molar-refractivity contribution >= 4 is 22.3 Å². The minimum absolute atomic E-state index is 0.198. The number of carbonyl (C=O) groups is 1. The Labute approximate surface area is 119 Å². The number of hydrogen-bond donors (Lipinski definition) is 1. The Balaban J connectivity index is 1.85. The molecule has 3 aromatic heterocycles. The Morgan fingerprint density at radius 2 is 2.15 bits per heavy atom. The van der Waals surface area contributed by atoms with Gasteiger partial charge in [-0.3, -0.25) is 14.2 Å². The fraction of sp³-hybridized carbons (Fsp3) is 0.214. The van der Waals surface area contributed by atoms with Gasteiger partial charge >= 0.3 is 5.97 Å². The van der Waals surface area contributed by atoms with E-state index in [9.17, 15) is 4.79 Å². The molecule has 3 rings (SSSR count). The van der Waals surface area contributed by atoms with Crippen LogP contribution in [0.1, 0.15) is 18.5 Å². The van der Waals surface area contributed by atoms with Gasteiger partial charge in [-0.25, -0.2) is 4.98 Å². The van der Waals surface area contributed by atoms with Crippen LogP contribution < -0.4 is 0 Å². The van der Waals surface area contributed by atoms with Gasteiger partial charge in [0.25, 0.3) is 0 Å². The summed E-state index contributed by atoms with van der Waals surface area (Å²) >= 11 is 1.58. The third-order valence-electron chi connectivity index (χ3n) is 3.08. The highest BCUT2D eigenvalue weighted by molar-refractivity contribution is 7.15. The zero-order valence-corrected chi connectivity index (χ0v) is 11.5. The van der Waals surface area contributed by atoms with E-state index in [4.69, 9.17) is 5.11 Å². The maximum atomic E-state index is 10.6. The molecule has 5 nitrogen and oxygen atoms in total. The van der Waals surface area contributed by atoms with Crippen molar-refractivity contribution in [3.63, 3.8) is 0 Å². The fourth-order valence-electron chi connectivity index (χ4n) is 2.09. The summed E-state index contributed by atoms with van der Waals surface area (Å²) in [6, 6.07) is 3.85. The zero-order chi connectivity index (χ0) is 13.9. The molecule has 0 aliphatic carbocycles. The second-order valence-electron chi connectivity index (χ2n) is 4.49. The number of aromatic nitrogens is 3. The van der Waals surface area contributed by atoms with Gasteiger partial charge in [-0.05, 0) is 25.0 Å². The molecule has 20 heavy (non-hydrogen) atoms. The molecule has 0 saturated heterocycles. The number of aliphatic carboxylic acids is 1. The Morgan fingerprint density at radius 3 is 2.90 bits per heavy atom. The van der Waals surface area contributed by atoms with Crippen LogP contribution in [0, 0.1) is 0 Å². The van der Waals surface area contributed by atoms with Crippen LogP contribution >= 0.6 is 11.3 Å². The van der Waals surface area contributed by atoms with Crippen LogP contribution in [0.2, 0.25) is 0 Å². The predicted molar refractivity (Wildman–Crippen MR) is 76.9 cm³/mol. The number of aryl methyl sites for hydroxylation is 1. The summed E-state index contributed by atoms with van der Waals surface area (Å²) in [6.07, 6.45) is 7.08. The van der Waals surface area contributed by atoms with Crippen molar-refractivity contribution in [3.8, 4) is 11.3 Å². The number of pyridine rings is 1. The van der Waals surface area contributed by atoms with Crippen LogP contribution in [-0.2, 0) is 11.2 Å². The van der Waals surface area contributed by atoms with E-state index in [-0.39, 0.29) is 6.42 Å². The number of thiazole rings is 1. The molecule has 3 aromatic rings. The summed E-state index contributed by atoms with van der Waals surface area (Å²) < 4.78 is 2.04. The maximum absolute atomic E-state index is 10.6. The van der Waals surface area contributed by atoms with Gasteiger partial charge in [0.1, 0.15) is 0 Å². The highest BCUT2D eigenvalue weighted by atomic mass is 32.1. The van der Waals surface area contributed by atoms with E-state index in [1.165, 1.54) is 0 Å². The number of rotatable bonds is 5. The van der Waals surface area contributed by atoms with Gasteiger partial charge < -0.3 is 5.11 Å². The third kappa shape index (κ3) is 2.55. The first-order valence-corrected chi connectivity index (χ1v) is 7.19. The highest BCUT2D eigenvalue weighted by Crippen LogP contribution is 2.23. The predicted octanol–water partition coefficient (Wildman–Crippen LogP) is 2.87. The smallest absolute Gasteiger partial charge is 0.303 e. The topological polar surface area (TPSA) is 67.5 Å². The lowest BCUT2D eigenvalue weighted by Crippen LogP contribution is -1.97. The first-order valence-electron chi connectivity index (χ1n) is 6.32. The molecule has 3 heterocycles. The Bertz CT molecular complexity index is 733. The average Bonchev–Trinajstić information content (AvgIpc) is 3.01. The van der Waals surface area contributed by atoms with Crippen LogP contribution in [0.15, 0.2) is 36.1 Å². The van der Waals surface area contributed by atoms with Gasteiger partial charge in [0, 0.05) is 41.6 Å². The van der Waals surface area contributed by atoms with Crippen LogP contribution in [-0.4, -0.2) is 25.4 Å². The SMILES string of the molecule is O=C(O)CCCc1csc2nc(-c3ccncc3)cn12. The molecule has 0 unspecified atom stereocenters. The minimum atomic E-state index is -0.750. The van der Waals surface area contributed by atoms with E-state index in [0.29, 0.717) is 6.42 Å². The van der Waals surface area contributed by atoms with Gasteiger partial charge in [-0.15, -0.1) is 11.3 Å². The van der Waals surface area contributed by atoms with Gasteiger partial charge in [0.15, 0.2) is 4.96 Å². The van der Waals surface area contributed by atoms with Crippen molar-refractivity contribution in [2.45, 2.75) is 19.3 Å². The van der Waals surface area contributed by atoms with Gasteiger partial charge in [-0.2, -0.15) is 0 Å². The minimum Gasteiger partial charge on any atom is -0.481 e. The van der Waals surface area contributed by atoms with E-state index in [2.05, 4.69) is 9.97 Å². The molecule has 0 saturated carbocycles. The number of carboxylic acid groups (broad SMARTS) is 1. The third-order valence-corrected chi connectivity index (χ3v) is 3.97. The molecule has 1 N–H and O–H groups in total. The number of imidazole rings is 1. The van der Waals surface area contributed by atoms with Gasteiger partial charge in [-0.1, -0.05) is 0 Å². The number of hydrogen-bond acceptors (Lipinski definition) is 4. The Hall–Kier alpha value is -2.21. The van der Waals surface area contributed by atoms with Crippen molar-refractivity contribution in [1.29, 1.82) is 0 Å². The molecule has 0 bridgehead atoms. The Morgan fingerprint density at radius 1 is 1.35 bits per heavy atom. The van der Waals surface area contributed by atoms with Crippen LogP contribution in [0.4, 0.5) is 0 Å². The van der Waals surface area contributed by atoms with Gasteiger partial charge in [0.05, 0.1) is 5.69 Å². The second-order valence-corrected chi connectivity index (χ2v) is 5.33. The van der Waals surface area contributed by atoms with Crippen molar-refractivity contribution in [3.05, 3.63) is 41.8 Å². The first kappa shape index (κ1) is 12.8. The molecule has 0 aliphatic heterocycles. The van der Waals surface area contributed by atoms with E-state index in [1.807, 2.05) is 28.1 Å². The normalized spacial score (nSPS) is 11.0. The lowest BCUT2D eigenvalue weighted by molar-refractivity contribution is -0.137. The maximum Gasteiger partial charge on any atom is 0.303 e. The molecule has 0 aromatic carbocycles. The van der Waals surface area contributed by atoms with Crippen LogP contribution in [0.25, 0.3) is 16.2 Å². The largest absolute Gasteiger partial charge is 0.481 e. The first-order chi connectivity index (χ1) is 9.74. The van der Waals surface area contributed by atoms with Crippen molar-refractivity contribution in [2.75, 3.05) is 0 Å². The zero-order valence-electron chi connectivity index (χ0n) is 10.7. The molecule has 0 spiro atoms. The number of fused-ring (bicyclic) bond motifs is 1. The van der Waals surface area contributed by atoms with E-state index in [1.54, 1.807) is 23.7 Å². The quantitative estimate of drug-likeness (QED) is 0.783. The molecular weight excluding hydrogens is 274 g/mol. The van der Waals surface area contributed by atoms with E-state index >= 15 is 0 Å². The standard InChI is InChI=1S/C14H13N3O2S/c18-13(19)3-1-2-11-9-20-14-16-12(8-17(11)14)10-4-6-15-7-5-10/h4-9H,1-3H2,(H,18,19). The van der Waals surface area contributed by atoms with Crippen LogP contribution in [0.5, 0.6) is 0 Å². The highest BCUT2D eigenvalue weighted by Gasteiger charge is 2.09. The lowest BCUT2D eigenvalue weighted by Gasteiger charge is -1.97. The average molecular weight is 287 g/mol. The lowest BCUT2D eigenvalue weighted by atomic mass is 10.2. The molecule has 6 heteroatoms.